The number of rotatable bonds is 6. The zero-order chi connectivity index (χ0) is 12.8. The molecule has 1 aromatic rings. The molecule has 0 spiro atoms. The number of hydrogen-bond donors (Lipinski definition) is 0. The molecule has 0 heterocycles. The van der Waals surface area contributed by atoms with E-state index in [0.29, 0.717) is 12.0 Å². The van der Waals surface area contributed by atoms with Gasteiger partial charge in [0.25, 0.3) is 0 Å². The van der Waals surface area contributed by atoms with E-state index in [-0.39, 0.29) is 12.0 Å². The Balaban J connectivity index is 2.72. The van der Waals surface area contributed by atoms with Crippen LogP contribution in [-0.2, 0) is 0 Å². The van der Waals surface area contributed by atoms with Gasteiger partial charge in [-0.3, -0.25) is 4.79 Å². The molecular weight excluding hydrogens is 222 g/mol. The molecule has 0 aliphatic carbocycles. The summed E-state index contributed by atoms with van der Waals surface area (Å²) in [6.45, 7) is 3.60. The van der Waals surface area contributed by atoms with Crippen LogP contribution in [0.2, 0.25) is 0 Å². The van der Waals surface area contributed by atoms with E-state index >= 15 is 0 Å². The number of carbonyl (C=O) groups excluding carboxylic acids is 1. The molecular formula is C14H18F2O. The standard InChI is InChI=1S/C14H18F2O/c1-3-4-5-6-7-12(17)13-11(15)9-8-10(2)14(13)16/h8-9H,3-7H2,1-2H3. The molecule has 0 aliphatic rings. The maximum atomic E-state index is 13.6. The largest absolute Gasteiger partial charge is 0.294 e. The average molecular weight is 240 g/mol. The van der Waals surface area contributed by atoms with Crippen molar-refractivity contribution in [3.63, 3.8) is 0 Å². The van der Waals surface area contributed by atoms with E-state index in [1.807, 2.05) is 0 Å². The second-order valence-corrected chi connectivity index (χ2v) is 4.29. The van der Waals surface area contributed by atoms with Crippen molar-refractivity contribution in [2.45, 2.75) is 46.0 Å². The molecule has 1 aromatic carbocycles. The Morgan fingerprint density at radius 1 is 1.18 bits per heavy atom. The molecule has 0 radical (unpaired) electrons. The summed E-state index contributed by atoms with van der Waals surface area (Å²) in [7, 11) is 0. The van der Waals surface area contributed by atoms with E-state index in [1.165, 1.54) is 13.0 Å². The molecule has 0 N–H and O–H groups in total. The van der Waals surface area contributed by atoms with Crippen LogP contribution in [0, 0.1) is 18.6 Å². The van der Waals surface area contributed by atoms with Crippen LogP contribution < -0.4 is 0 Å². The van der Waals surface area contributed by atoms with E-state index in [4.69, 9.17) is 0 Å². The third-order valence-corrected chi connectivity index (χ3v) is 2.82. The number of ketones is 1. The van der Waals surface area contributed by atoms with Crippen LogP contribution in [0.15, 0.2) is 12.1 Å². The Morgan fingerprint density at radius 3 is 2.53 bits per heavy atom. The van der Waals surface area contributed by atoms with Gasteiger partial charge in [-0.15, -0.1) is 0 Å². The van der Waals surface area contributed by atoms with Crippen molar-refractivity contribution in [3.8, 4) is 0 Å². The van der Waals surface area contributed by atoms with Gasteiger partial charge < -0.3 is 0 Å². The monoisotopic (exact) mass is 240 g/mol. The smallest absolute Gasteiger partial charge is 0.168 e. The molecule has 0 aromatic heterocycles. The first kappa shape index (κ1) is 13.8. The zero-order valence-electron chi connectivity index (χ0n) is 10.4. The Bertz CT molecular complexity index is 399. The fraction of sp³-hybridized carbons (Fsp3) is 0.500. The lowest BCUT2D eigenvalue weighted by Gasteiger charge is -2.06. The summed E-state index contributed by atoms with van der Waals surface area (Å²) >= 11 is 0. The van der Waals surface area contributed by atoms with E-state index in [1.54, 1.807) is 0 Å². The van der Waals surface area contributed by atoms with Crippen LogP contribution >= 0.6 is 0 Å². The molecule has 0 bridgehead atoms. The van der Waals surface area contributed by atoms with E-state index in [9.17, 15) is 13.6 Å². The van der Waals surface area contributed by atoms with E-state index in [2.05, 4.69) is 6.92 Å². The minimum absolute atomic E-state index is 0.220. The highest BCUT2D eigenvalue weighted by molar-refractivity contribution is 5.96. The topological polar surface area (TPSA) is 17.1 Å². The van der Waals surface area contributed by atoms with Gasteiger partial charge in [-0.1, -0.05) is 32.3 Å². The molecule has 94 valence electrons. The van der Waals surface area contributed by atoms with Crippen LogP contribution in [0.4, 0.5) is 8.78 Å². The van der Waals surface area contributed by atoms with Gasteiger partial charge in [0.05, 0.1) is 5.56 Å². The molecule has 0 saturated carbocycles. The number of Topliss-reactive ketones (excluding diaryl/α,β-unsaturated/α-hetero) is 1. The van der Waals surface area contributed by atoms with Crippen molar-refractivity contribution in [1.29, 1.82) is 0 Å². The van der Waals surface area contributed by atoms with Crippen LogP contribution in [0.1, 0.15) is 54.9 Å². The Morgan fingerprint density at radius 2 is 1.88 bits per heavy atom. The Labute approximate surface area is 101 Å². The van der Waals surface area contributed by atoms with E-state index in [0.717, 1.165) is 25.3 Å². The molecule has 0 saturated heterocycles. The lowest BCUT2D eigenvalue weighted by molar-refractivity contribution is 0.0970. The van der Waals surface area contributed by atoms with Gasteiger partial charge in [-0.25, -0.2) is 8.78 Å². The summed E-state index contributed by atoms with van der Waals surface area (Å²) in [5.41, 5.74) is -0.0650. The van der Waals surface area contributed by atoms with Crippen molar-refractivity contribution >= 4 is 5.78 Å². The first-order valence-electron chi connectivity index (χ1n) is 6.05. The zero-order valence-corrected chi connectivity index (χ0v) is 10.4. The van der Waals surface area contributed by atoms with Crippen molar-refractivity contribution in [3.05, 3.63) is 34.9 Å². The lowest BCUT2D eigenvalue weighted by Crippen LogP contribution is -2.07. The predicted molar refractivity (Wildman–Crippen MR) is 64.2 cm³/mol. The van der Waals surface area contributed by atoms with Crippen LogP contribution in [0.25, 0.3) is 0 Å². The molecule has 1 nitrogen and oxygen atoms in total. The normalized spacial score (nSPS) is 10.6. The van der Waals surface area contributed by atoms with Gasteiger partial charge in [0.1, 0.15) is 11.6 Å². The molecule has 0 amide bonds. The fourth-order valence-corrected chi connectivity index (χ4v) is 1.75. The first-order valence-corrected chi connectivity index (χ1v) is 6.05. The molecule has 17 heavy (non-hydrogen) atoms. The molecule has 0 unspecified atom stereocenters. The summed E-state index contributed by atoms with van der Waals surface area (Å²) in [4.78, 5) is 11.7. The van der Waals surface area contributed by atoms with Gasteiger partial charge in [-0.2, -0.15) is 0 Å². The summed E-state index contributed by atoms with van der Waals surface area (Å²) in [6.07, 6.45) is 3.96. The third kappa shape index (κ3) is 3.62. The number of aryl methyl sites for hydroxylation is 1. The number of carbonyl (C=O) groups is 1. The van der Waals surface area contributed by atoms with Crippen LogP contribution in [0.3, 0.4) is 0 Å². The number of unbranched alkanes of at least 4 members (excludes halogenated alkanes) is 3. The van der Waals surface area contributed by atoms with Crippen LogP contribution in [0.5, 0.6) is 0 Å². The molecule has 0 fully saturated rings. The van der Waals surface area contributed by atoms with Gasteiger partial charge in [0.2, 0.25) is 0 Å². The van der Waals surface area contributed by atoms with Crippen LogP contribution in [-0.4, -0.2) is 5.78 Å². The number of halogens is 2. The van der Waals surface area contributed by atoms with Gasteiger partial charge in [0, 0.05) is 6.42 Å². The fourth-order valence-electron chi connectivity index (χ4n) is 1.75. The highest BCUT2D eigenvalue weighted by atomic mass is 19.1. The summed E-state index contributed by atoms with van der Waals surface area (Å²) < 4.78 is 27.0. The maximum absolute atomic E-state index is 13.6. The van der Waals surface area contributed by atoms with Gasteiger partial charge in [-0.05, 0) is 25.0 Å². The van der Waals surface area contributed by atoms with Gasteiger partial charge in [0.15, 0.2) is 5.78 Å². The molecule has 0 aliphatic heterocycles. The molecule has 3 heteroatoms. The minimum atomic E-state index is -0.756. The average Bonchev–Trinajstić information content (AvgIpc) is 2.30. The minimum Gasteiger partial charge on any atom is -0.294 e. The van der Waals surface area contributed by atoms with Crippen molar-refractivity contribution in [2.24, 2.45) is 0 Å². The number of hydrogen-bond acceptors (Lipinski definition) is 1. The SMILES string of the molecule is CCCCCCC(=O)c1c(F)ccc(C)c1F. The molecule has 1 rings (SSSR count). The Kier molecular flexibility index (Phi) is 5.26. The molecule has 0 atom stereocenters. The summed E-state index contributed by atoms with van der Waals surface area (Å²) in [5, 5.41) is 0. The summed E-state index contributed by atoms with van der Waals surface area (Å²) in [6, 6.07) is 2.50. The highest BCUT2D eigenvalue weighted by Crippen LogP contribution is 2.19. The third-order valence-electron chi connectivity index (χ3n) is 2.82. The van der Waals surface area contributed by atoms with Gasteiger partial charge >= 0.3 is 0 Å². The van der Waals surface area contributed by atoms with Crippen molar-refractivity contribution in [1.82, 2.24) is 0 Å². The maximum Gasteiger partial charge on any atom is 0.168 e. The lowest BCUT2D eigenvalue weighted by atomic mass is 10.0. The number of benzene rings is 1. The van der Waals surface area contributed by atoms with Crippen molar-refractivity contribution in [2.75, 3.05) is 0 Å². The first-order chi connectivity index (χ1) is 8.07. The summed E-state index contributed by atoms with van der Waals surface area (Å²) in [5.74, 6) is -1.90. The van der Waals surface area contributed by atoms with E-state index < -0.39 is 17.4 Å². The predicted octanol–water partition coefficient (Wildman–Crippen LogP) is 4.43. The van der Waals surface area contributed by atoms with Crippen molar-refractivity contribution < 1.29 is 13.6 Å². The quantitative estimate of drug-likeness (QED) is 0.531. The highest BCUT2D eigenvalue weighted by Gasteiger charge is 2.18. The Hall–Kier alpha value is -1.25. The second kappa shape index (κ2) is 6.48. The second-order valence-electron chi connectivity index (χ2n) is 4.29.